The molecule has 1 aliphatic carbocycles. The number of carboxylic acid groups (broad SMARTS) is 1. The van der Waals surface area contributed by atoms with E-state index in [-0.39, 0.29) is 18.9 Å². The molecule has 0 bridgehead atoms. The fourth-order valence-electron chi connectivity index (χ4n) is 5.41. The third kappa shape index (κ3) is 4.86. The van der Waals surface area contributed by atoms with Crippen LogP contribution in [-0.2, 0) is 16.0 Å². The number of ether oxygens (including phenoxy) is 1. The summed E-state index contributed by atoms with van der Waals surface area (Å²) >= 11 is 3.46. The minimum atomic E-state index is -1.22. The van der Waals surface area contributed by atoms with Gasteiger partial charge in [-0.15, -0.1) is 0 Å². The Morgan fingerprint density at radius 2 is 1.62 bits per heavy atom. The number of hydrogen-bond acceptors (Lipinski definition) is 4. The quantitative estimate of drug-likeness (QED) is 0.221. The van der Waals surface area contributed by atoms with E-state index in [1.54, 1.807) is 0 Å². The number of rotatable bonds is 7. The van der Waals surface area contributed by atoms with Gasteiger partial charge in [0.05, 0.1) is 11.4 Å². The molecule has 1 unspecified atom stereocenters. The Hall–Kier alpha value is -4.43. The molecule has 0 saturated heterocycles. The molecular weight excluding hydrogens is 570 g/mol. The lowest BCUT2D eigenvalue weighted by Gasteiger charge is -2.18. The molecule has 8 heteroatoms. The van der Waals surface area contributed by atoms with Crippen LogP contribution in [0.1, 0.15) is 28.3 Å². The van der Waals surface area contributed by atoms with Gasteiger partial charge in [-0.1, -0.05) is 82.7 Å². The normalized spacial score (nSPS) is 13.1. The van der Waals surface area contributed by atoms with Gasteiger partial charge >= 0.3 is 12.1 Å². The molecular formula is C32H26BrN3O4. The number of carbonyl (C=O) groups excluding carboxylic acids is 1. The summed E-state index contributed by atoms with van der Waals surface area (Å²) in [5, 5.41) is 12.7. The smallest absolute Gasteiger partial charge is 0.407 e. The van der Waals surface area contributed by atoms with Gasteiger partial charge in [0.15, 0.2) is 0 Å². The predicted octanol–water partition coefficient (Wildman–Crippen LogP) is 6.61. The summed E-state index contributed by atoms with van der Waals surface area (Å²) in [6.07, 6.45) is 1.17. The lowest BCUT2D eigenvalue weighted by molar-refractivity contribution is -0.139. The number of aromatic nitrogens is 2. The van der Waals surface area contributed by atoms with Crippen LogP contribution >= 0.6 is 15.9 Å². The number of alkyl carbamates (subject to hydrolysis) is 1. The highest BCUT2D eigenvalue weighted by molar-refractivity contribution is 9.10. The molecule has 0 radical (unpaired) electrons. The fraction of sp³-hybridized carbons (Fsp3) is 0.156. The first-order chi connectivity index (χ1) is 19.4. The van der Waals surface area contributed by atoms with Gasteiger partial charge in [-0.3, -0.25) is 0 Å². The number of carboxylic acids is 1. The number of nitrogens with one attached hydrogen (secondary N) is 1. The number of aliphatic carboxylic acids is 1. The Bertz CT molecular complexity index is 1700. The molecule has 0 spiro atoms. The van der Waals surface area contributed by atoms with E-state index < -0.39 is 18.1 Å². The van der Waals surface area contributed by atoms with Gasteiger partial charge in [-0.2, -0.15) is 0 Å². The van der Waals surface area contributed by atoms with Crippen LogP contribution in [-0.4, -0.2) is 39.2 Å². The number of amides is 1. The maximum absolute atomic E-state index is 13.0. The first kappa shape index (κ1) is 25.8. The maximum Gasteiger partial charge on any atom is 0.407 e. The van der Waals surface area contributed by atoms with Gasteiger partial charge in [-0.25, -0.2) is 14.6 Å². The molecule has 3 aromatic carbocycles. The van der Waals surface area contributed by atoms with E-state index in [0.717, 1.165) is 37.9 Å². The molecule has 200 valence electrons. The number of nitrogens with zero attached hydrogens (tertiary/aromatic N) is 2. The Morgan fingerprint density at radius 3 is 2.27 bits per heavy atom. The lowest BCUT2D eigenvalue weighted by Crippen LogP contribution is -2.43. The van der Waals surface area contributed by atoms with Crippen molar-refractivity contribution in [3.8, 4) is 22.4 Å². The highest BCUT2D eigenvalue weighted by atomic mass is 79.9. The van der Waals surface area contributed by atoms with E-state index in [4.69, 9.17) is 9.72 Å². The summed E-state index contributed by atoms with van der Waals surface area (Å²) < 4.78 is 8.45. The molecule has 2 heterocycles. The third-order valence-electron chi connectivity index (χ3n) is 7.31. The van der Waals surface area contributed by atoms with Crippen molar-refractivity contribution < 1.29 is 19.4 Å². The molecule has 1 aliphatic rings. The summed E-state index contributed by atoms with van der Waals surface area (Å²) in [7, 11) is 0. The van der Waals surface area contributed by atoms with Gasteiger partial charge in [0.1, 0.15) is 18.3 Å². The van der Waals surface area contributed by atoms with E-state index in [9.17, 15) is 14.7 Å². The van der Waals surface area contributed by atoms with E-state index in [1.807, 2.05) is 90.3 Å². The van der Waals surface area contributed by atoms with Gasteiger partial charge in [0, 0.05) is 28.6 Å². The van der Waals surface area contributed by atoms with Gasteiger partial charge < -0.3 is 19.6 Å². The third-order valence-corrected chi connectivity index (χ3v) is 7.84. The summed E-state index contributed by atoms with van der Waals surface area (Å²) in [4.78, 5) is 30.1. The van der Waals surface area contributed by atoms with Crippen molar-refractivity contribution >= 4 is 33.6 Å². The zero-order valence-corrected chi connectivity index (χ0v) is 23.3. The summed E-state index contributed by atoms with van der Waals surface area (Å²) in [6, 6.07) is 26.5. The van der Waals surface area contributed by atoms with Crippen molar-refractivity contribution in [2.75, 3.05) is 6.61 Å². The van der Waals surface area contributed by atoms with Gasteiger partial charge in [-0.05, 0) is 52.9 Å². The second-order valence-electron chi connectivity index (χ2n) is 9.91. The highest BCUT2D eigenvalue weighted by Crippen LogP contribution is 2.44. The van der Waals surface area contributed by atoms with Crippen molar-refractivity contribution in [3.05, 3.63) is 118 Å². The Labute approximate surface area is 239 Å². The first-order valence-corrected chi connectivity index (χ1v) is 13.8. The Balaban J connectivity index is 1.24. The van der Waals surface area contributed by atoms with Crippen molar-refractivity contribution in [2.24, 2.45) is 0 Å². The Morgan fingerprint density at radius 1 is 0.975 bits per heavy atom. The van der Waals surface area contributed by atoms with Gasteiger partial charge in [0.25, 0.3) is 0 Å². The zero-order chi connectivity index (χ0) is 27.8. The summed E-state index contributed by atoms with van der Waals surface area (Å²) in [6.45, 7) is 2.07. The average molecular weight is 596 g/mol. The van der Waals surface area contributed by atoms with Crippen LogP contribution < -0.4 is 5.32 Å². The first-order valence-electron chi connectivity index (χ1n) is 13.0. The molecule has 0 aliphatic heterocycles. The van der Waals surface area contributed by atoms with E-state index in [1.165, 1.54) is 0 Å². The molecule has 2 aromatic heterocycles. The van der Waals surface area contributed by atoms with Crippen molar-refractivity contribution in [1.82, 2.24) is 14.7 Å². The molecule has 40 heavy (non-hydrogen) atoms. The number of fused-ring (bicyclic) bond motifs is 4. The molecule has 6 rings (SSSR count). The van der Waals surface area contributed by atoms with E-state index >= 15 is 0 Å². The SMILES string of the molecule is Cc1ccc2nc(-c3ccc(Br)cc3)c(CC(NC(=O)OCC3c4ccccc4-c4ccccc43)C(=O)O)n2c1. The number of benzene rings is 3. The molecule has 5 aromatic rings. The highest BCUT2D eigenvalue weighted by Gasteiger charge is 2.30. The van der Waals surface area contributed by atoms with Crippen LogP contribution in [0.3, 0.4) is 0 Å². The van der Waals surface area contributed by atoms with Crippen molar-refractivity contribution in [3.63, 3.8) is 0 Å². The number of hydrogen-bond donors (Lipinski definition) is 2. The predicted molar refractivity (Wildman–Crippen MR) is 156 cm³/mol. The van der Waals surface area contributed by atoms with Crippen LogP contribution in [0.5, 0.6) is 0 Å². The molecule has 0 saturated carbocycles. The van der Waals surface area contributed by atoms with Crippen molar-refractivity contribution in [1.29, 1.82) is 0 Å². The molecule has 2 N–H and O–H groups in total. The number of halogens is 1. The molecule has 0 fully saturated rings. The fourth-order valence-corrected chi connectivity index (χ4v) is 5.67. The second-order valence-corrected chi connectivity index (χ2v) is 10.8. The summed E-state index contributed by atoms with van der Waals surface area (Å²) in [5.74, 6) is -1.27. The van der Waals surface area contributed by atoms with Crippen LogP contribution in [0.2, 0.25) is 0 Å². The van der Waals surface area contributed by atoms with E-state index in [0.29, 0.717) is 17.0 Å². The molecule has 1 atom stereocenters. The maximum atomic E-state index is 13.0. The van der Waals surface area contributed by atoms with Crippen LogP contribution in [0, 0.1) is 6.92 Å². The number of imidazole rings is 1. The topological polar surface area (TPSA) is 92.9 Å². The summed E-state index contributed by atoms with van der Waals surface area (Å²) in [5.41, 5.74) is 8.33. The van der Waals surface area contributed by atoms with Crippen LogP contribution in [0.4, 0.5) is 4.79 Å². The van der Waals surface area contributed by atoms with Crippen molar-refractivity contribution in [2.45, 2.75) is 25.3 Å². The number of carbonyl (C=O) groups is 2. The molecule has 7 nitrogen and oxygen atoms in total. The van der Waals surface area contributed by atoms with Gasteiger partial charge in [0.2, 0.25) is 0 Å². The largest absolute Gasteiger partial charge is 0.480 e. The molecule has 1 amide bonds. The lowest BCUT2D eigenvalue weighted by atomic mass is 9.98. The minimum absolute atomic E-state index is 0.0234. The minimum Gasteiger partial charge on any atom is -0.480 e. The van der Waals surface area contributed by atoms with E-state index in [2.05, 4.69) is 33.4 Å². The average Bonchev–Trinajstić information content (AvgIpc) is 3.47. The number of aryl methyl sites for hydroxylation is 1. The Kier molecular flexibility index (Phi) is 6.86. The van der Waals surface area contributed by atoms with Crippen LogP contribution in [0.15, 0.2) is 95.6 Å². The second kappa shape index (κ2) is 10.6. The standard InChI is InChI=1S/C32H26BrN3O4/c1-19-10-15-29-35-30(20-11-13-21(33)14-12-20)28(36(29)17-19)16-27(31(37)38)34-32(39)40-18-26-24-8-4-2-6-22(24)23-7-3-5-9-25(23)26/h2-15,17,26-27H,16,18H2,1H3,(H,34,39)(H,37,38). The monoisotopic (exact) mass is 595 g/mol. The number of pyridine rings is 1. The zero-order valence-electron chi connectivity index (χ0n) is 21.7. The van der Waals surface area contributed by atoms with Crippen LogP contribution in [0.25, 0.3) is 28.0 Å².